The third kappa shape index (κ3) is 4.17. The Hall–Kier alpha value is -1.51. The first-order valence-electron chi connectivity index (χ1n) is 9.78. The lowest BCUT2D eigenvalue weighted by Gasteiger charge is -2.56. The summed E-state index contributed by atoms with van der Waals surface area (Å²) in [6, 6.07) is 4.29. The summed E-state index contributed by atoms with van der Waals surface area (Å²) < 4.78 is 26.0. The van der Waals surface area contributed by atoms with Crippen LogP contribution in [0, 0.1) is 11.8 Å². The minimum Gasteiger partial charge on any atom is -0.335 e. The molecule has 4 atom stereocenters. The van der Waals surface area contributed by atoms with E-state index >= 15 is 0 Å². The molecule has 3 aliphatic heterocycles. The average Bonchev–Trinajstić information content (AvgIpc) is 2.62. The van der Waals surface area contributed by atoms with Gasteiger partial charge in [0.15, 0.2) is 0 Å². The number of hydrogen-bond donors (Lipinski definition) is 1. The monoisotopic (exact) mass is 392 g/mol. The largest absolute Gasteiger partial charge is 0.335 e. The highest BCUT2D eigenvalue weighted by atomic mass is 32.2. The molecule has 8 heteroatoms. The molecule has 1 amide bonds. The van der Waals surface area contributed by atoms with Crippen molar-refractivity contribution in [2.24, 2.45) is 11.8 Å². The zero-order valence-electron chi connectivity index (χ0n) is 15.8. The molecule has 27 heavy (non-hydrogen) atoms. The second-order valence-corrected chi connectivity index (χ2v) is 10.1. The van der Waals surface area contributed by atoms with Crippen LogP contribution < -0.4 is 4.72 Å². The number of likely N-dealkylation sites (tertiary alicyclic amines) is 1. The lowest BCUT2D eigenvalue weighted by Crippen LogP contribution is -2.66. The molecule has 0 saturated carbocycles. The van der Waals surface area contributed by atoms with Crippen LogP contribution in [0.1, 0.15) is 31.2 Å². The number of carbonyl (C=O) groups is 1. The highest BCUT2D eigenvalue weighted by Crippen LogP contribution is 2.41. The first-order valence-corrected chi connectivity index (χ1v) is 11.7. The minimum atomic E-state index is -3.28. The van der Waals surface area contributed by atoms with Crippen molar-refractivity contribution in [1.82, 2.24) is 19.5 Å². The Kier molecular flexibility index (Phi) is 5.22. The SMILES string of the molecule is CS(=O)(=O)NC[C@H]1[C@H]2C[C@H](CN(Cc3ccncc3)C2)[C@@H]2CCCC(=O)N21. The Balaban J connectivity index is 1.55. The summed E-state index contributed by atoms with van der Waals surface area (Å²) >= 11 is 0. The van der Waals surface area contributed by atoms with Crippen LogP contribution in [0.2, 0.25) is 0 Å². The molecule has 1 aromatic rings. The zero-order chi connectivity index (χ0) is 19.0. The average molecular weight is 393 g/mol. The Morgan fingerprint density at radius 2 is 1.96 bits per heavy atom. The van der Waals surface area contributed by atoms with E-state index in [9.17, 15) is 13.2 Å². The molecule has 0 aliphatic carbocycles. The number of piperidine rings is 3. The van der Waals surface area contributed by atoms with Crippen LogP contribution in [-0.2, 0) is 21.4 Å². The topological polar surface area (TPSA) is 82.6 Å². The van der Waals surface area contributed by atoms with Crippen LogP contribution in [0.15, 0.2) is 24.5 Å². The lowest BCUT2D eigenvalue weighted by molar-refractivity contribution is -0.152. The van der Waals surface area contributed by atoms with Crippen LogP contribution >= 0.6 is 0 Å². The van der Waals surface area contributed by atoms with Crippen molar-refractivity contribution >= 4 is 15.9 Å². The van der Waals surface area contributed by atoms with Crippen LogP contribution in [0.25, 0.3) is 0 Å². The second-order valence-electron chi connectivity index (χ2n) is 8.25. The van der Waals surface area contributed by atoms with Gasteiger partial charge >= 0.3 is 0 Å². The van der Waals surface area contributed by atoms with Crippen molar-refractivity contribution in [2.45, 2.75) is 44.3 Å². The molecule has 0 radical (unpaired) electrons. The molecule has 3 aliphatic rings. The van der Waals surface area contributed by atoms with Gasteiger partial charge in [-0.15, -0.1) is 0 Å². The zero-order valence-corrected chi connectivity index (χ0v) is 16.6. The van der Waals surface area contributed by atoms with E-state index in [0.717, 1.165) is 38.9 Å². The van der Waals surface area contributed by atoms with Crippen LogP contribution in [0.4, 0.5) is 0 Å². The van der Waals surface area contributed by atoms with Gasteiger partial charge in [0.1, 0.15) is 0 Å². The maximum Gasteiger partial charge on any atom is 0.223 e. The first kappa shape index (κ1) is 18.8. The van der Waals surface area contributed by atoms with Gasteiger partial charge in [0.25, 0.3) is 0 Å². The molecule has 4 heterocycles. The van der Waals surface area contributed by atoms with Gasteiger partial charge in [-0.05, 0) is 48.8 Å². The minimum absolute atomic E-state index is 0.0472. The second kappa shape index (κ2) is 7.48. The molecule has 3 fully saturated rings. The fourth-order valence-electron chi connectivity index (χ4n) is 5.25. The number of carbonyl (C=O) groups excluding carboxylic acids is 1. The van der Waals surface area contributed by atoms with Gasteiger partial charge in [-0.25, -0.2) is 13.1 Å². The molecule has 0 spiro atoms. The maximum absolute atomic E-state index is 12.7. The quantitative estimate of drug-likeness (QED) is 0.803. The van der Waals surface area contributed by atoms with Gasteiger partial charge in [-0.1, -0.05) is 0 Å². The third-order valence-corrected chi connectivity index (χ3v) is 6.97. The standard InChI is InChI=1S/C19H28N4O3S/c1-27(25,26)21-10-18-16-9-15(17-3-2-4-19(24)23(17)18)12-22(13-16)11-14-5-7-20-8-6-14/h5-8,15-18,21H,2-4,9-13H2,1H3/t15-,16+,17+,18+/m1/s1. The summed E-state index contributed by atoms with van der Waals surface area (Å²) in [5.74, 6) is 0.978. The Labute approximate surface area is 161 Å². The highest BCUT2D eigenvalue weighted by molar-refractivity contribution is 7.88. The van der Waals surface area contributed by atoms with Crippen molar-refractivity contribution in [3.63, 3.8) is 0 Å². The number of nitrogens with zero attached hydrogens (tertiary/aromatic N) is 3. The number of fused-ring (bicyclic) bond motifs is 4. The van der Waals surface area contributed by atoms with Crippen molar-refractivity contribution in [2.75, 3.05) is 25.9 Å². The van der Waals surface area contributed by atoms with Crippen molar-refractivity contribution in [3.8, 4) is 0 Å². The van der Waals surface area contributed by atoms with Crippen LogP contribution in [-0.4, -0.2) is 67.1 Å². The molecule has 3 saturated heterocycles. The van der Waals surface area contributed by atoms with E-state index in [1.807, 2.05) is 29.4 Å². The van der Waals surface area contributed by atoms with E-state index in [0.29, 0.717) is 24.8 Å². The molecule has 1 N–H and O–H groups in total. The van der Waals surface area contributed by atoms with Crippen molar-refractivity contribution in [3.05, 3.63) is 30.1 Å². The summed E-state index contributed by atoms with van der Waals surface area (Å²) in [7, 11) is -3.28. The van der Waals surface area contributed by atoms with Gasteiger partial charge in [0.2, 0.25) is 15.9 Å². The Morgan fingerprint density at radius 1 is 1.22 bits per heavy atom. The first-order chi connectivity index (χ1) is 12.9. The van der Waals surface area contributed by atoms with Gasteiger partial charge in [-0.2, -0.15) is 0 Å². The van der Waals surface area contributed by atoms with E-state index in [2.05, 4.69) is 14.6 Å². The smallest absolute Gasteiger partial charge is 0.223 e. The molecule has 7 nitrogen and oxygen atoms in total. The summed E-state index contributed by atoms with van der Waals surface area (Å²) in [5.41, 5.74) is 1.24. The number of amides is 1. The third-order valence-electron chi connectivity index (χ3n) is 6.28. The molecular weight excluding hydrogens is 364 g/mol. The molecule has 0 unspecified atom stereocenters. The number of rotatable bonds is 5. The summed E-state index contributed by atoms with van der Waals surface area (Å²) in [6.45, 7) is 3.09. The van der Waals surface area contributed by atoms with E-state index in [1.165, 1.54) is 11.8 Å². The Bertz CT molecular complexity index is 785. The van der Waals surface area contributed by atoms with Gasteiger partial charge in [-0.3, -0.25) is 14.7 Å². The predicted octanol–water partition coefficient (Wildman–Crippen LogP) is 0.832. The number of nitrogens with one attached hydrogen (secondary N) is 1. The number of hydrogen-bond acceptors (Lipinski definition) is 5. The van der Waals surface area contributed by atoms with E-state index < -0.39 is 10.0 Å². The van der Waals surface area contributed by atoms with E-state index in [1.54, 1.807) is 0 Å². The van der Waals surface area contributed by atoms with Gasteiger partial charge < -0.3 is 4.90 Å². The lowest BCUT2D eigenvalue weighted by atomic mass is 9.72. The van der Waals surface area contributed by atoms with E-state index in [-0.39, 0.29) is 18.0 Å². The summed E-state index contributed by atoms with van der Waals surface area (Å²) in [4.78, 5) is 21.3. The van der Waals surface area contributed by atoms with Gasteiger partial charge in [0.05, 0.1) is 6.26 Å². The van der Waals surface area contributed by atoms with Crippen LogP contribution in [0.3, 0.4) is 0 Å². The summed E-state index contributed by atoms with van der Waals surface area (Å²) in [6.07, 6.45) is 8.47. The molecular formula is C19H28N4O3S. The Morgan fingerprint density at radius 3 is 2.70 bits per heavy atom. The molecule has 4 rings (SSSR count). The molecule has 1 aromatic heterocycles. The van der Waals surface area contributed by atoms with Crippen LogP contribution in [0.5, 0.6) is 0 Å². The van der Waals surface area contributed by atoms with Gasteiger partial charge in [0, 0.05) is 57.1 Å². The highest BCUT2D eigenvalue weighted by Gasteiger charge is 2.49. The van der Waals surface area contributed by atoms with Crippen molar-refractivity contribution < 1.29 is 13.2 Å². The fourth-order valence-corrected chi connectivity index (χ4v) is 5.72. The molecule has 2 bridgehead atoms. The number of sulfonamides is 1. The number of pyridine rings is 1. The maximum atomic E-state index is 12.7. The van der Waals surface area contributed by atoms with E-state index in [4.69, 9.17) is 0 Å². The predicted molar refractivity (Wildman–Crippen MR) is 102 cm³/mol. The number of aromatic nitrogens is 1. The molecule has 148 valence electrons. The molecule has 0 aromatic carbocycles. The normalized spacial score (nSPS) is 31.6. The summed E-state index contributed by atoms with van der Waals surface area (Å²) in [5, 5.41) is 0. The van der Waals surface area contributed by atoms with Crippen molar-refractivity contribution in [1.29, 1.82) is 0 Å². The fraction of sp³-hybridized carbons (Fsp3) is 0.684.